The highest BCUT2D eigenvalue weighted by atomic mass is 16.5. The van der Waals surface area contributed by atoms with Gasteiger partial charge in [-0.1, -0.05) is 0 Å². The molecule has 1 aliphatic rings. The predicted octanol–water partition coefficient (Wildman–Crippen LogP) is 2.22. The molecule has 0 spiro atoms. The van der Waals surface area contributed by atoms with Crippen LogP contribution in [0.25, 0.3) is 0 Å². The van der Waals surface area contributed by atoms with Crippen molar-refractivity contribution in [2.75, 3.05) is 27.3 Å². The Balaban J connectivity index is 2.42. The van der Waals surface area contributed by atoms with Crippen molar-refractivity contribution in [3.8, 4) is 11.5 Å². The highest BCUT2D eigenvalue weighted by Gasteiger charge is 2.37. The van der Waals surface area contributed by atoms with Crippen LogP contribution in [-0.4, -0.2) is 32.4 Å². The molecule has 1 aromatic rings. The zero-order valence-corrected chi connectivity index (χ0v) is 12.8. The average molecular weight is 279 g/mol. The molecule has 2 N–H and O–H groups in total. The first-order valence-electron chi connectivity index (χ1n) is 7.17. The Bertz CT molecular complexity index is 465. The quantitative estimate of drug-likeness (QED) is 0.887. The molecule has 1 atom stereocenters. The van der Waals surface area contributed by atoms with Gasteiger partial charge in [0.1, 0.15) is 11.5 Å². The molecule has 4 nitrogen and oxygen atoms in total. The van der Waals surface area contributed by atoms with Crippen molar-refractivity contribution in [2.45, 2.75) is 32.3 Å². The zero-order valence-electron chi connectivity index (χ0n) is 12.8. The smallest absolute Gasteiger partial charge is 0.131 e. The Morgan fingerprint density at radius 1 is 1.20 bits per heavy atom. The molecule has 2 rings (SSSR count). The summed E-state index contributed by atoms with van der Waals surface area (Å²) < 4.78 is 10.9. The molecule has 1 aromatic carbocycles. The minimum atomic E-state index is -0.884. The summed E-state index contributed by atoms with van der Waals surface area (Å²) in [6.45, 7) is 5.77. The highest BCUT2D eigenvalue weighted by molar-refractivity contribution is 5.51. The average Bonchev–Trinajstić information content (AvgIpc) is 2.47. The number of ether oxygens (including phenoxy) is 2. The Labute approximate surface area is 121 Å². The normalized spacial score (nSPS) is 19.4. The number of piperidine rings is 1. The molecule has 0 bridgehead atoms. The van der Waals surface area contributed by atoms with Gasteiger partial charge in [0.15, 0.2) is 0 Å². The molecule has 20 heavy (non-hydrogen) atoms. The minimum Gasteiger partial charge on any atom is -0.496 e. The number of methoxy groups -OCH3 is 2. The Morgan fingerprint density at radius 3 is 2.40 bits per heavy atom. The van der Waals surface area contributed by atoms with Gasteiger partial charge in [0.25, 0.3) is 0 Å². The Morgan fingerprint density at radius 2 is 1.85 bits per heavy atom. The van der Waals surface area contributed by atoms with Gasteiger partial charge in [-0.3, -0.25) is 0 Å². The van der Waals surface area contributed by atoms with Gasteiger partial charge in [-0.05, 0) is 57.8 Å². The van der Waals surface area contributed by atoms with Crippen LogP contribution in [-0.2, 0) is 5.60 Å². The van der Waals surface area contributed by atoms with E-state index in [0.29, 0.717) is 0 Å². The molecule has 1 heterocycles. The molecule has 0 saturated carbocycles. The van der Waals surface area contributed by atoms with Gasteiger partial charge in [-0.2, -0.15) is 0 Å². The summed E-state index contributed by atoms with van der Waals surface area (Å²) in [6.07, 6.45) is 1.95. The lowest BCUT2D eigenvalue weighted by molar-refractivity contribution is -0.0204. The number of hydrogen-bond acceptors (Lipinski definition) is 4. The first-order chi connectivity index (χ1) is 9.52. The number of aliphatic hydroxyl groups is 1. The molecule has 112 valence electrons. The molecule has 1 aliphatic heterocycles. The van der Waals surface area contributed by atoms with Gasteiger partial charge in [0.2, 0.25) is 0 Å². The van der Waals surface area contributed by atoms with Crippen molar-refractivity contribution in [1.29, 1.82) is 0 Å². The summed E-state index contributed by atoms with van der Waals surface area (Å²) in [6, 6.07) is 3.83. The Kier molecular flexibility index (Phi) is 4.55. The van der Waals surface area contributed by atoms with E-state index in [1.807, 2.05) is 26.0 Å². The molecular weight excluding hydrogens is 254 g/mol. The maximum Gasteiger partial charge on any atom is 0.131 e. The number of benzene rings is 1. The van der Waals surface area contributed by atoms with Crippen molar-refractivity contribution in [2.24, 2.45) is 5.92 Å². The molecule has 0 aliphatic carbocycles. The van der Waals surface area contributed by atoms with Crippen LogP contribution in [0.15, 0.2) is 12.1 Å². The number of nitrogens with one attached hydrogen (secondary N) is 1. The fourth-order valence-electron chi connectivity index (χ4n) is 3.16. The lowest BCUT2D eigenvalue weighted by Gasteiger charge is -2.37. The fourth-order valence-corrected chi connectivity index (χ4v) is 3.16. The van der Waals surface area contributed by atoms with Crippen LogP contribution in [0, 0.1) is 12.8 Å². The van der Waals surface area contributed by atoms with Crippen molar-refractivity contribution < 1.29 is 14.6 Å². The first-order valence-corrected chi connectivity index (χ1v) is 7.17. The lowest BCUT2D eigenvalue weighted by Crippen LogP contribution is -2.40. The summed E-state index contributed by atoms with van der Waals surface area (Å²) in [5.41, 5.74) is 0.900. The summed E-state index contributed by atoms with van der Waals surface area (Å²) in [4.78, 5) is 0. The zero-order chi connectivity index (χ0) is 14.8. The molecule has 1 fully saturated rings. The molecule has 1 saturated heterocycles. The van der Waals surface area contributed by atoms with Gasteiger partial charge in [-0.15, -0.1) is 0 Å². The molecule has 4 heteroatoms. The predicted molar refractivity (Wildman–Crippen MR) is 79.4 cm³/mol. The molecule has 0 aromatic heterocycles. The van der Waals surface area contributed by atoms with E-state index in [9.17, 15) is 5.11 Å². The second-order valence-corrected chi connectivity index (χ2v) is 5.65. The van der Waals surface area contributed by atoms with Crippen LogP contribution in [0.3, 0.4) is 0 Å². The largest absolute Gasteiger partial charge is 0.496 e. The van der Waals surface area contributed by atoms with Crippen molar-refractivity contribution in [3.63, 3.8) is 0 Å². The second kappa shape index (κ2) is 6.02. The van der Waals surface area contributed by atoms with Crippen LogP contribution in [0.5, 0.6) is 11.5 Å². The van der Waals surface area contributed by atoms with E-state index in [4.69, 9.17) is 9.47 Å². The van der Waals surface area contributed by atoms with Gasteiger partial charge in [-0.25, -0.2) is 0 Å². The van der Waals surface area contributed by atoms with Crippen molar-refractivity contribution >= 4 is 0 Å². The minimum absolute atomic E-state index is 0.241. The SMILES string of the molecule is COc1ccc(C(C)(O)C2CCNCC2)c(OC)c1C. The summed E-state index contributed by atoms with van der Waals surface area (Å²) in [5.74, 6) is 1.75. The third-order valence-electron chi connectivity index (χ3n) is 4.46. The number of hydrogen-bond donors (Lipinski definition) is 2. The van der Waals surface area contributed by atoms with Crippen molar-refractivity contribution in [1.82, 2.24) is 5.32 Å². The number of rotatable bonds is 4. The molecular formula is C16H25NO3. The Hall–Kier alpha value is -1.26. The first kappa shape index (κ1) is 15.1. The third kappa shape index (κ3) is 2.63. The standard InChI is InChI=1S/C16H25NO3/c1-11-14(19-3)6-5-13(15(11)20-4)16(2,18)12-7-9-17-10-8-12/h5-6,12,17-18H,7-10H2,1-4H3. The third-order valence-corrected chi connectivity index (χ3v) is 4.46. The van der Waals surface area contributed by atoms with Crippen molar-refractivity contribution in [3.05, 3.63) is 23.3 Å². The topological polar surface area (TPSA) is 50.7 Å². The molecule has 0 amide bonds. The van der Waals surface area contributed by atoms with Crippen LogP contribution < -0.4 is 14.8 Å². The van der Waals surface area contributed by atoms with E-state index in [1.54, 1.807) is 14.2 Å². The van der Waals surface area contributed by atoms with E-state index in [1.165, 1.54) is 0 Å². The van der Waals surface area contributed by atoms with Gasteiger partial charge < -0.3 is 19.9 Å². The van der Waals surface area contributed by atoms with Crippen LogP contribution in [0.1, 0.15) is 30.9 Å². The summed E-state index contributed by atoms with van der Waals surface area (Å²) >= 11 is 0. The van der Waals surface area contributed by atoms with Crippen LogP contribution >= 0.6 is 0 Å². The maximum atomic E-state index is 11.1. The van der Waals surface area contributed by atoms with Gasteiger partial charge >= 0.3 is 0 Å². The maximum absolute atomic E-state index is 11.1. The lowest BCUT2D eigenvalue weighted by atomic mass is 9.77. The summed E-state index contributed by atoms with van der Waals surface area (Å²) in [5, 5.41) is 14.4. The van der Waals surface area contributed by atoms with Gasteiger partial charge in [0.05, 0.1) is 19.8 Å². The van der Waals surface area contributed by atoms with E-state index in [2.05, 4.69) is 5.32 Å². The van der Waals surface area contributed by atoms with E-state index < -0.39 is 5.60 Å². The fraction of sp³-hybridized carbons (Fsp3) is 0.625. The van der Waals surface area contributed by atoms with E-state index in [0.717, 1.165) is 48.6 Å². The van der Waals surface area contributed by atoms with E-state index in [-0.39, 0.29) is 5.92 Å². The summed E-state index contributed by atoms with van der Waals surface area (Å²) in [7, 11) is 3.29. The highest BCUT2D eigenvalue weighted by Crippen LogP contribution is 2.42. The van der Waals surface area contributed by atoms with Crippen LogP contribution in [0.2, 0.25) is 0 Å². The molecule has 1 unspecified atom stereocenters. The molecule has 0 radical (unpaired) electrons. The second-order valence-electron chi connectivity index (χ2n) is 5.65. The monoisotopic (exact) mass is 279 g/mol. The van der Waals surface area contributed by atoms with Gasteiger partial charge in [0, 0.05) is 11.1 Å². The van der Waals surface area contributed by atoms with Crippen LogP contribution in [0.4, 0.5) is 0 Å². The van der Waals surface area contributed by atoms with E-state index >= 15 is 0 Å².